The molecule has 1 rings (SSSR count). The SMILES string of the molecule is O=C(O)C1CN(CC(F)C(F)F)C1. The average molecular weight is 197 g/mol. The number of nitrogens with zero attached hydrogens (tertiary/aromatic N) is 1. The molecule has 1 fully saturated rings. The fourth-order valence-corrected chi connectivity index (χ4v) is 1.20. The van der Waals surface area contributed by atoms with Crippen molar-refractivity contribution in [2.75, 3.05) is 19.6 Å². The van der Waals surface area contributed by atoms with Crippen molar-refractivity contribution in [2.45, 2.75) is 12.6 Å². The number of carboxylic acids is 1. The maximum Gasteiger partial charge on any atom is 0.309 e. The van der Waals surface area contributed by atoms with E-state index >= 15 is 0 Å². The standard InChI is InChI=1S/C7H10F3NO2/c8-5(6(9)10)3-11-1-4(2-11)7(12)13/h4-6H,1-3H2,(H,12,13). The summed E-state index contributed by atoms with van der Waals surface area (Å²) >= 11 is 0. The molecule has 0 saturated carbocycles. The van der Waals surface area contributed by atoms with Crippen molar-refractivity contribution < 1.29 is 23.1 Å². The van der Waals surface area contributed by atoms with Gasteiger partial charge in [-0.2, -0.15) is 0 Å². The van der Waals surface area contributed by atoms with Crippen LogP contribution in [0.1, 0.15) is 0 Å². The Balaban J connectivity index is 2.18. The van der Waals surface area contributed by atoms with E-state index in [0.717, 1.165) is 0 Å². The van der Waals surface area contributed by atoms with Crippen LogP contribution < -0.4 is 0 Å². The van der Waals surface area contributed by atoms with Crippen LogP contribution in [0.2, 0.25) is 0 Å². The molecule has 0 spiro atoms. The summed E-state index contributed by atoms with van der Waals surface area (Å²) < 4.78 is 35.8. The maximum atomic E-state index is 12.4. The van der Waals surface area contributed by atoms with E-state index in [2.05, 4.69) is 0 Å². The topological polar surface area (TPSA) is 40.5 Å². The lowest BCUT2D eigenvalue weighted by atomic mass is 10.0. The molecular weight excluding hydrogens is 187 g/mol. The van der Waals surface area contributed by atoms with Crippen LogP contribution >= 0.6 is 0 Å². The van der Waals surface area contributed by atoms with Crippen molar-refractivity contribution in [1.29, 1.82) is 0 Å². The van der Waals surface area contributed by atoms with Gasteiger partial charge in [0.05, 0.1) is 5.92 Å². The molecule has 1 saturated heterocycles. The van der Waals surface area contributed by atoms with Gasteiger partial charge in [-0.15, -0.1) is 0 Å². The van der Waals surface area contributed by atoms with E-state index in [-0.39, 0.29) is 19.6 Å². The van der Waals surface area contributed by atoms with Gasteiger partial charge >= 0.3 is 5.97 Å². The van der Waals surface area contributed by atoms with Gasteiger partial charge in [0.2, 0.25) is 0 Å². The quantitative estimate of drug-likeness (QED) is 0.717. The Morgan fingerprint density at radius 3 is 2.38 bits per heavy atom. The number of aliphatic carboxylic acids is 1. The van der Waals surface area contributed by atoms with Crippen molar-refractivity contribution >= 4 is 5.97 Å². The summed E-state index contributed by atoms with van der Waals surface area (Å²) in [6, 6.07) is 0. The molecule has 1 aliphatic heterocycles. The van der Waals surface area contributed by atoms with E-state index in [1.807, 2.05) is 0 Å². The number of alkyl halides is 3. The van der Waals surface area contributed by atoms with Crippen LogP contribution in [0.15, 0.2) is 0 Å². The van der Waals surface area contributed by atoms with Gasteiger partial charge in [0, 0.05) is 19.6 Å². The molecule has 1 atom stereocenters. The van der Waals surface area contributed by atoms with E-state index in [1.54, 1.807) is 0 Å². The number of hydrogen-bond donors (Lipinski definition) is 1. The Hall–Kier alpha value is -0.780. The molecule has 3 nitrogen and oxygen atoms in total. The number of carbonyl (C=O) groups is 1. The molecule has 6 heteroatoms. The molecule has 0 radical (unpaired) electrons. The van der Waals surface area contributed by atoms with Crippen molar-refractivity contribution in [3.8, 4) is 0 Å². The molecule has 0 aromatic rings. The molecule has 13 heavy (non-hydrogen) atoms. The zero-order valence-corrected chi connectivity index (χ0v) is 6.79. The Bertz CT molecular complexity index is 194. The minimum Gasteiger partial charge on any atom is -0.481 e. The van der Waals surface area contributed by atoms with E-state index in [4.69, 9.17) is 5.11 Å². The van der Waals surface area contributed by atoms with Crippen LogP contribution in [0.5, 0.6) is 0 Å². The third-order valence-corrected chi connectivity index (χ3v) is 2.01. The first kappa shape index (κ1) is 10.3. The van der Waals surface area contributed by atoms with E-state index in [1.165, 1.54) is 4.90 Å². The molecule has 1 N–H and O–H groups in total. The summed E-state index contributed by atoms with van der Waals surface area (Å²) in [7, 11) is 0. The van der Waals surface area contributed by atoms with Gasteiger partial charge in [0.25, 0.3) is 6.43 Å². The van der Waals surface area contributed by atoms with Crippen molar-refractivity contribution in [3.05, 3.63) is 0 Å². The van der Waals surface area contributed by atoms with Gasteiger partial charge in [0.1, 0.15) is 0 Å². The highest BCUT2D eigenvalue weighted by atomic mass is 19.3. The van der Waals surface area contributed by atoms with Crippen molar-refractivity contribution in [1.82, 2.24) is 4.90 Å². The number of halogens is 3. The first-order valence-electron chi connectivity index (χ1n) is 3.88. The second kappa shape index (κ2) is 3.95. The largest absolute Gasteiger partial charge is 0.481 e. The smallest absolute Gasteiger partial charge is 0.309 e. The molecule has 0 aromatic heterocycles. The molecule has 1 heterocycles. The molecule has 0 bridgehead atoms. The Kier molecular flexibility index (Phi) is 3.13. The number of carboxylic acid groups (broad SMARTS) is 1. The molecule has 1 aliphatic rings. The highest BCUT2D eigenvalue weighted by molar-refractivity contribution is 5.71. The zero-order valence-electron chi connectivity index (χ0n) is 6.79. The second-order valence-electron chi connectivity index (χ2n) is 3.10. The van der Waals surface area contributed by atoms with Crippen LogP contribution in [0.3, 0.4) is 0 Å². The van der Waals surface area contributed by atoms with E-state index in [9.17, 15) is 18.0 Å². The summed E-state index contributed by atoms with van der Waals surface area (Å²) in [5.41, 5.74) is 0. The molecular formula is C7H10F3NO2. The Morgan fingerprint density at radius 2 is 2.00 bits per heavy atom. The summed E-state index contributed by atoms with van der Waals surface area (Å²) in [6.45, 7) is -0.0353. The van der Waals surface area contributed by atoms with Gasteiger partial charge in [-0.25, -0.2) is 13.2 Å². The fraction of sp³-hybridized carbons (Fsp3) is 0.857. The number of hydrogen-bond acceptors (Lipinski definition) is 2. The van der Waals surface area contributed by atoms with Crippen LogP contribution in [-0.2, 0) is 4.79 Å². The molecule has 1 unspecified atom stereocenters. The summed E-state index contributed by atoms with van der Waals surface area (Å²) in [5, 5.41) is 8.43. The van der Waals surface area contributed by atoms with Gasteiger partial charge in [-0.05, 0) is 0 Å². The van der Waals surface area contributed by atoms with Crippen molar-refractivity contribution in [3.63, 3.8) is 0 Å². The predicted molar refractivity (Wildman–Crippen MR) is 38.5 cm³/mol. The van der Waals surface area contributed by atoms with E-state index < -0.39 is 24.5 Å². The molecule has 0 aromatic carbocycles. The first-order valence-corrected chi connectivity index (χ1v) is 3.88. The minimum absolute atomic E-state index is 0.169. The molecule has 76 valence electrons. The lowest BCUT2D eigenvalue weighted by Crippen LogP contribution is -2.52. The zero-order chi connectivity index (χ0) is 10.0. The van der Waals surface area contributed by atoms with E-state index in [0.29, 0.717) is 0 Å². The van der Waals surface area contributed by atoms with Gasteiger partial charge in [-0.3, -0.25) is 9.69 Å². The third kappa shape index (κ3) is 2.58. The van der Waals surface area contributed by atoms with Crippen LogP contribution in [-0.4, -0.2) is 48.2 Å². The maximum absolute atomic E-state index is 12.4. The van der Waals surface area contributed by atoms with Gasteiger partial charge in [0.15, 0.2) is 6.17 Å². The normalized spacial score (nSPS) is 21.5. The summed E-state index contributed by atoms with van der Waals surface area (Å²) in [6.07, 6.45) is -5.15. The van der Waals surface area contributed by atoms with Crippen LogP contribution in [0.25, 0.3) is 0 Å². The second-order valence-corrected chi connectivity index (χ2v) is 3.10. The van der Waals surface area contributed by atoms with Gasteiger partial charge in [-0.1, -0.05) is 0 Å². The van der Waals surface area contributed by atoms with Gasteiger partial charge < -0.3 is 5.11 Å². The van der Waals surface area contributed by atoms with Crippen LogP contribution in [0.4, 0.5) is 13.2 Å². The Morgan fingerprint density at radius 1 is 1.46 bits per heavy atom. The lowest BCUT2D eigenvalue weighted by Gasteiger charge is -2.37. The fourth-order valence-electron chi connectivity index (χ4n) is 1.20. The number of likely N-dealkylation sites (tertiary alicyclic amines) is 1. The molecule has 0 amide bonds. The van der Waals surface area contributed by atoms with Crippen molar-refractivity contribution in [2.24, 2.45) is 5.92 Å². The predicted octanol–water partition coefficient (Wildman–Crippen LogP) is 0.606. The highest BCUT2D eigenvalue weighted by Crippen LogP contribution is 2.18. The molecule has 0 aliphatic carbocycles. The Labute approximate surface area is 73.1 Å². The number of rotatable bonds is 4. The summed E-state index contributed by atoms with van der Waals surface area (Å²) in [5.74, 6) is -1.48. The monoisotopic (exact) mass is 197 g/mol. The highest BCUT2D eigenvalue weighted by Gasteiger charge is 2.35. The average Bonchev–Trinajstić information content (AvgIpc) is 1.94. The third-order valence-electron chi connectivity index (χ3n) is 2.01. The minimum atomic E-state index is -2.98. The lowest BCUT2D eigenvalue weighted by molar-refractivity contribution is -0.148. The van der Waals surface area contributed by atoms with Crippen LogP contribution in [0, 0.1) is 5.92 Å². The first-order chi connectivity index (χ1) is 6.00. The summed E-state index contributed by atoms with van der Waals surface area (Å²) in [4.78, 5) is 11.6.